The summed E-state index contributed by atoms with van der Waals surface area (Å²) >= 11 is 0. The summed E-state index contributed by atoms with van der Waals surface area (Å²) in [5, 5.41) is 0. The van der Waals surface area contributed by atoms with Crippen molar-refractivity contribution < 1.29 is 9.53 Å². The molecule has 1 aliphatic rings. The molecule has 2 N–H and O–H groups in total. The Bertz CT molecular complexity index is 184. The topological polar surface area (TPSA) is 55.6 Å². The molecule has 2 atom stereocenters. The predicted octanol–water partition coefficient (Wildman–Crippen LogP) is -0.171. The van der Waals surface area contributed by atoms with Crippen LogP contribution in [0.15, 0.2) is 0 Å². The molecule has 13 heavy (non-hydrogen) atoms. The lowest BCUT2D eigenvalue weighted by molar-refractivity contribution is -0.129. The highest BCUT2D eigenvalue weighted by Crippen LogP contribution is 2.23. The Morgan fingerprint density at radius 2 is 2.38 bits per heavy atom. The third kappa shape index (κ3) is 2.19. The van der Waals surface area contributed by atoms with E-state index >= 15 is 0 Å². The van der Waals surface area contributed by atoms with Crippen LogP contribution in [0.3, 0.4) is 0 Å². The van der Waals surface area contributed by atoms with Gasteiger partial charge in [0.1, 0.15) is 0 Å². The second kappa shape index (κ2) is 4.58. The van der Waals surface area contributed by atoms with Crippen molar-refractivity contribution in [2.24, 2.45) is 11.7 Å². The lowest BCUT2D eigenvalue weighted by atomic mass is 10.0. The van der Waals surface area contributed by atoms with Crippen LogP contribution in [0.1, 0.15) is 13.3 Å². The van der Waals surface area contributed by atoms with Gasteiger partial charge < -0.3 is 15.4 Å². The summed E-state index contributed by atoms with van der Waals surface area (Å²) in [5.41, 5.74) is 5.57. The van der Waals surface area contributed by atoms with Crippen LogP contribution in [-0.4, -0.2) is 43.7 Å². The average molecular weight is 186 g/mol. The number of carbonyl (C=O) groups is 1. The summed E-state index contributed by atoms with van der Waals surface area (Å²) in [6.07, 6.45) is 0.599. The van der Waals surface area contributed by atoms with Gasteiger partial charge in [-0.15, -0.1) is 0 Å². The zero-order chi connectivity index (χ0) is 9.84. The average Bonchev–Trinajstić information content (AvgIpc) is 2.39. The summed E-state index contributed by atoms with van der Waals surface area (Å²) in [4.78, 5) is 13.3. The van der Waals surface area contributed by atoms with Crippen molar-refractivity contribution in [2.75, 3.05) is 26.8 Å². The van der Waals surface area contributed by atoms with E-state index in [1.807, 2.05) is 4.90 Å². The molecule has 0 aromatic carbocycles. The molecule has 0 spiro atoms. The lowest BCUT2D eigenvalue weighted by Gasteiger charge is -2.23. The molecule has 1 rings (SSSR count). The van der Waals surface area contributed by atoms with E-state index in [4.69, 9.17) is 10.5 Å². The molecule has 0 aromatic heterocycles. The van der Waals surface area contributed by atoms with Crippen molar-refractivity contribution in [3.63, 3.8) is 0 Å². The molecule has 1 fully saturated rings. The van der Waals surface area contributed by atoms with E-state index in [1.165, 1.54) is 0 Å². The molecular formula is C9H18N2O2. The largest absolute Gasteiger partial charge is 0.383 e. The number of rotatable bonds is 4. The van der Waals surface area contributed by atoms with Gasteiger partial charge in [0, 0.05) is 32.0 Å². The number of hydrogen-bond donors (Lipinski definition) is 1. The van der Waals surface area contributed by atoms with Gasteiger partial charge in [0.2, 0.25) is 5.91 Å². The van der Waals surface area contributed by atoms with E-state index in [0.717, 1.165) is 0 Å². The van der Waals surface area contributed by atoms with E-state index in [0.29, 0.717) is 32.0 Å². The van der Waals surface area contributed by atoms with Crippen LogP contribution < -0.4 is 5.73 Å². The first kappa shape index (κ1) is 10.5. The number of hydrogen-bond acceptors (Lipinski definition) is 3. The summed E-state index contributed by atoms with van der Waals surface area (Å²) in [5.74, 6) is 0.532. The first-order chi connectivity index (χ1) is 6.20. The van der Waals surface area contributed by atoms with Crippen LogP contribution in [0.2, 0.25) is 0 Å². The highest BCUT2D eigenvalue weighted by Gasteiger charge is 2.35. The number of nitrogens with zero attached hydrogens (tertiary/aromatic N) is 1. The molecule has 0 aromatic rings. The molecule has 0 saturated carbocycles. The minimum atomic E-state index is 0.208. The normalized spacial score (nSPS) is 28.5. The van der Waals surface area contributed by atoms with Crippen molar-refractivity contribution in [3.05, 3.63) is 0 Å². The fourth-order valence-corrected chi connectivity index (χ4v) is 1.79. The summed E-state index contributed by atoms with van der Waals surface area (Å²) < 4.78 is 4.94. The Labute approximate surface area is 79.0 Å². The number of ether oxygens (including phenoxy) is 1. The number of methoxy groups -OCH3 is 1. The monoisotopic (exact) mass is 186 g/mol. The fraction of sp³-hybridized carbons (Fsp3) is 0.889. The van der Waals surface area contributed by atoms with Gasteiger partial charge in [-0.2, -0.15) is 0 Å². The fourth-order valence-electron chi connectivity index (χ4n) is 1.79. The SMILES string of the molecule is COCCN1C(=O)CC(CN)C1C. The molecule has 0 aliphatic carbocycles. The molecule has 1 heterocycles. The second-order valence-corrected chi connectivity index (χ2v) is 3.52. The summed E-state index contributed by atoms with van der Waals surface area (Å²) in [6, 6.07) is 0.271. The molecular weight excluding hydrogens is 168 g/mol. The molecule has 1 amide bonds. The van der Waals surface area contributed by atoms with Crippen LogP contribution in [0.4, 0.5) is 0 Å². The van der Waals surface area contributed by atoms with Gasteiger partial charge in [-0.3, -0.25) is 4.79 Å². The van der Waals surface area contributed by atoms with Gasteiger partial charge >= 0.3 is 0 Å². The number of likely N-dealkylation sites (tertiary alicyclic amines) is 1. The maximum absolute atomic E-state index is 11.5. The van der Waals surface area contributed by atoms with Gasteiger partial charge in [-0.25, -0.2) is 0 Å². The van der Waals surface area contributed by atoms with Gasteiger partial charge in [-0.05, 0) is 13.5 Å². The maximum atomic E-state index is 11.5. The molecule has 1 aliphatic heterocycles. The van der Waals surface area contributed by atoms with Crippen LogP contribution >= 0.6 is 0 Å². The third-order valence-corrected chi connectivity index (χ3v) is 2.77. The molecule has 4 heteroatoms. The molecule has 4 nitrogen and oxygen atoms in total. The number of nitrogens with two attached hydrogens (primary N) is 1. The Hall–Kier alpha value is -0.610. The summed E-state index contributed by atoms with van der Waals surface area (Å²) in [6.45, 7) is 3.94. The Kier molecular flexibility index (Phi) is 3.69. The quantitative estimate of drug-likeness (QED) is 0.663. The number of carbonyl (C=O) groups excluding carboxylic acids is 1. The van der Waals surface area contributed by atoms with Gasteiger partial charge in [0.25, 0.3) is 0 Å². The number of amides is 1. The minimum absolute atomic E-state index is 0.208. The molecule has 0 radical (unpaired) electrons. The van der Waals surface area contributed by atoms with E-state index in [9.17, 15) is 4.79 Å². The maximum Gasteiger partial charge on any atom is 0.223 e. The van der Waals surface area contributed by atoms with Crippen molar-refractivity contribution in [3.8, 4) is 0 Å². The van der Waals surface area contributed by atoms with Crippen molar-refractivity contribution in [2.45, 2.75) is 19.4 Å². The first-order valence-corrected chi connectivity index (χ1v) is 4.69. The molecule has 76 valence electrons. The van der Waals surface area contributed by atoms with Crippen LogP contribution in [0, 0.1) is 5.92 Å². The molecule has 1 saturated heterocycles. The Balaban J connectivity index is 2.49. The Morgan fingerprint density at radius 1 is 1.69 bits per heavy atom. The Morgan fingerprint density at radius 3 is 2.85 bits per heavy atom. The summed E-state index contributed by atoms with van der Waals surface area (Å²) in [7, 11) is 1.64. The van der Waals surface area contributed by atoms with E-state index in [2.05, 4.69) is 6.92 Å². The highest BCUT2D eigenvalue weighted by molar-refractivity contribution is 5.79. The first-order valence-electron chi connectivity index (χ1n) is 4.69. The molecule has 0 bridgehead atoms. The van der Waals surface area contributed by atoms with Gasteiger partial charge in [0.05, 0.1) is 6.61 Å². The van der Waals surface area contributed by atoms with Gasteiger partial charge in [0.15, 0.2) is 0 Å². The van der Waals surface area contributed by atoms with E-state index in [1.54, 1.807) is 7.11 Å². The highest BCUT2D eigenvalue weighted by atomic mass is 16.5. The van der Waals surface area contributed by atoms with Crippen LogP contribution in [-0.2, 0) is 9.53 Å². The minimum Gasteiger partial charge on any atom is -0.383 e. The third-order valence-electron chi connectivity index (χ3n) is 2.77. The lowest BCUT2D eigenvalue weighted by Crippen LogP contribution is -2.36. The van der Waals surface area contributed by atoms with E-state index < -0.39 is 0 Å². The zero-order valence-corrected chi connectivity index (χ0v) is 8.32. The second-order valence-electron chi connectivity index (χ2n) is 3.52. The van der Waals surface area contributed by atoms with Crippen molar-refractivity contribution in [1.82, 2.24) is 4.90 Å². The van der Waals surface area contributed by atoms with Crippen LogP contribution in [0.5, 0.6) is 0 Å². The zero-order valence-electron chi connectivity index (χ0n) is 8.32. The predicted molar refractivity (Wildman–Crippen MR) is 50.2 cm³/mol. The smallest absolute Gasteiger partial charge is 0.223 e. The van der Waals surface area contributed by atoms with E-state index in [-0.39, 0.29) is 11.9 Å². The van der Waals surface area contributed by atoms with Crippen molar-refractivity contribution >= 4 is 5.91 Å². The van der Waals surface area contributed by atoms with Crippen molar-refractivity contribution in [1.29, 1.82) is 0 Å². The standard InChI is InChI=1S/C9H18N2O2/c1-7-8(6-10)5-9(12)11(7)3-4-13-2/h7-8H,3-6,10H2,1-2H3. The van der Waals surface area contributed by atoms with Gasteiger partial charge in [-0.1, -0.05) is 0 Å². The molecule has 2 unspecified atom stereocenters. The van der Waals surface area contributed by atoms with Crippen LogP contribution in [0.25, 0.3) is 0 Å².